The molecule has 2 aliphatic rings. The Morgan fingerprint density at radius 1 is 1.50 bits per heavy atom. The minimum absolute atomic E-state index is 0.0661. The van der Waals surface area contributed by atoms with Crippen LogP contribution in [0.1, 0.15) is 23.7 Å². The molecule has 5 heteroatoms. The SMILES string of the molecule is CCC1C2CNCC2CN1C(=O)c1cc(F)ccc1O. The number of nitrogens with one attached hydrogen (secondary N) is 1. The Morgan fingerprint density at radius 3 is 3.05 bits per heavy atom. The van der Waals surface area contributed by atoms with Crippen LogP contribution in [0.15, 0.2) is 18.2 Å². The van der Waals surface area contributed by atoms with Gasteiger partial charge in [0.05, 0.1) is 5.56 Å². The minimum atomic E-state index is -0.500. The topological polar surface area (TPSA) is 52.6 Å². The summed E-state index contributed by atoms with van der Waals surface area (Å²) in [6.07, 6.45) is 0.880. The van der Waals surface area contributed by atoms with Crippen molar-refractivity contribution in [2.75, 3.05) is 19.6 Å². The molecule has 0 bridgehead atoms. The number of carbonyl (C=O) groups excluding carboxylic acids is 1. The Morgan fingerprint density at radius 2 is 2.30 bits per heavy atom. The summed E-state index contributed by atoms with van der Waals surface area (Å²) in [7, 11) is 0. The smallest absolute Gasteiger partial charge is 0.257 e. The number of rotatable bonds is 2. The van der Waals surface area contributed by atoms with Crippen molar-refractivity contribution in [3.63, 3.8) is 0 Å². The third-order valence-electron chi connectivity index (χ3n) is 4.59. The summed E-state index contributed by atoms with van der Waals surface area (Å²) in [6, 6.07) is 3.69. The number of carbonyl (C=O) groups is 1. The van der Waals surface area contributed by atoms with E-state index in [9.17, 15) is 14.3 Å². The van der Waals surface area contributed by atoms with E-state index in [-0.39, 0.29) is 23.3 Å². The van der Waals surface area contributed by atoms with Gasteiger partial charge in [0, 0.05) is 25.7 Å². The van der Waals surface area contributed by atoms with Crippen molar-refractivity contribution in [2.24, 2.45) is 11.8 Å². The zero-order chi connectivity index (χ0) is 14.3. The van der Waals surface area contributed by atoms with Gasteiger partial charge in [-0.1, -0.05) is 6.92 Å². The van der Waals surface area contributed by atoms with Gasteiger partial charge in [-0.15, -0.1) is 0 Å². The van der Waals surface area contributed by atoms with E-state index in [0.29, 0.717) is 18.4 Å². The molecule has 2 heterocycles. The van der Waals surface area contributed by atoms with Gasteiger partial charge in [-0.05, 0) is 36.5 Å². The first-order chi connectivity index (χ1) is 9.61. The van der Waals surface area contributed by atoms with Gasteiger partial charge >= 0.3 is 0 Å². The molecular weight excluding hydrogens is 259 g/mol. The molecule has 2 fully saturated rings. The highest BCUT2D eigenvalue weighted by Gasteiger charge is 2.45. The van der Waals surface area contributed by atoms with E-state index in [2.05, 4.69) is 12.2 Å². The van der Waals surface area contributed by atoms with Crippen LogP contribution in [-0.2, 0) is 0 Å². The predicted octanol–water partition coefficient (Wildman–Crippen LogP) is 1.60. The van der Waals surface area contributed by atoms with E-state index in [1.807, 2.05) is 4.90 Å². The molecular formula is C15H19FN2O2. The van der Waals surface area contributed by atoms with Crippen molar-refractivity contribution < 1.29 is 14.3 Å². The zero-order valence-electron chi connectivity index (χ0n) is 11.5. The second kappa shape index (κ2) is 5.05. The second-order valence-corrected chi connectivity index (χ2v) is 5.68. The normalized spacial score (nSPS) is 28.7. The molecule has 1 aromatic rings. The summed E-state index contributed by atoms with van der Waals surface area (Å²) in [4.78, 5) is 14.4. The Hall–Kier alpha value is -1.62. The lowest BCUT2D eigenvalue weighted by Gasteiger charge is -2.27. The molecule has 3 unspecified atom stereocenters. The van der Waals surface area contributed by atoms with Gasteiger partial charge in [0.2, 0.25) is 0 Å². The van der Waals surface area contributed by atoms with Crippen LogP contribution in [-0.4, -0.2) is 41.6 Å². The monoisotopic (exact) mass is 278 g/mol. The first-order valence-electron chi connectivity index (χ1n) is 7.12. The van der Waals surface area contributed by atoms with Gasteiger partial charge in [-0.2, -0.15) is 0 Å². The van der Waals surface area contributed by atoms with Gasteiger partial charge in [-0.3, -0.25) is 4.79 Å². The van der Waals surface area contributed by atoms with E-state index >= 15 is 0 Å². The van der Waals surface area contributed by atoms with Crippen LogP contribution in [0.25, 0.3) is 0 Å². The fraction of sp³-hybridized carbons (Fsp3) is 0.533. The Labute approximate surface area is 117 Å². The maximum absolute atomic E-state index is 13.3. The molecule has 1 amide bonds. The number of likely N-dealkylation sites (tertiary alicyclic amines) is 1. The average molecular weight is 278 g/mol. The molecule has 2 N–H and O–H groups in total. The summed E-state index contributed by atoms with van der Waals surface area (Å²) >= 11 is 0. The molecule has 1 aromatic carbocycles. The lowest BCUT2D eigenvalue weighted by atomic mass is 9.93. The van der Waals surface area contributed by atoms with E-state index in [1.54, 1.807) is 0 Å². The number of nitrogens with zero attached hydrogens (tertiary/aromatic N) is 1. The van der Waals surface area contributed by atoms with Crippen molar-refractivity contribution in [2.45, 2.75) is 19.4 Å². The molecule has 0 aromatic heterocycles. The number of benzene rings is 1. The van der Waals surface area contributed by atoms with Crippen LogP contribution >= 0.6 is 0 Å². The first kappa shape index (κ1) is 13.4. The van der Waals surface area contributed by atoms with E-state index in [0.717, 1.165) is 31.6 Å². The summed E-state index contributed by atoms with van der Waals surface area (Å²) in [5.41, 5.74) is 0.0661. The van der Waals surface area contributed by atoms with E-state index in [1.165, 1.54) is 6.07 Å². The number of halogens is 1. The summed E-state index contributed by atoms with van der Waals surface area (Å²) in [6.45, 7) is 4.62. The van der Waals surface area contributed by atoms with Crippen LogP contribution in [0.5, 0.6) is 5.75 Å². The first-order valence-corrected chi connectivity index (χ1v) is 7.12. The molecule has 2 aliphatic heterocycles. The molecule has 0 spiro atoms. The lowest BCUT2D eigenvalue weighted by Crippen LogP contribution is -2.39. The van der Waals surface area contributed by atoms with Crippen LogP contribution in [0, 0.1) is 17.7 Å². The van der Waals surface area contributed by atoms with Crippen molar-refractivity contribution in [3.8, 4) is 5.75 Å². The number of fused-ring (bicyclic) bond motifs is 1. The molecule has 108 valence electrons. The van der Waals surface area contributed by atoms with Crippen LogP contribution in [0.3, 0.4) is 0 Å². The largest absolute Gasteiger partial charge is 0.507 e. The quantitative estimate of drug-likeness (QED) is 0.864. The fourth-order valence-electron chi connectivity index (χ4n) is 3.61. The van der Waals surface area contributed by atoms with Crippen molar-refractivity contribution in [1.29, 1.82) is 0 Å². The van der Waals surface area contributed by atoms with Gasteiger partial charge in [0.25, 0.3) is 5.91 Å². The van der Waals surface area contributed by atoms with Crippen molar-refractivity contribution in [3.05, 3.63) is 29.6 Å². The highest BCUT2D eigenvalue weighted by atomic mass is 19.1. The number of phenols is 1. The Balaban J connectivity index is 1.88. The van der Waals surface area contributed by atoms with Crippen LogP contribution in [0.2, 0.25) is 0 Å². The molecule has 4 nitrogen and oxygen atoms in total. The summed E-state index contributed by atoms with van der Waals surface area (Å²) in [5, 5.41) is 13.2. The molecule has 0 saturated carbocycles. The zero-order valence-corrected chi connectivity index (χ0v) is 11.5. The standard InChI is InChI=1S/C15H19FN2O2/c1-2-13-12-7-17-6-9(12)8-18(13)15(20)11-5-10(16)3-4-14(11)19/h3-5,9,12-13,17,19H,2,6-8H2,1H3. The molecule has 3 rings (SSSR count). The summed E-state index contributed by atoms with van der Waals surface area (Å²) in [5.74, 6) is 0.0317. The van der Waals surface area contributed by atoms with Crippen LogP contribution in [0.4, 0.5) is 4.39 Å². The number of aromatic hydroxyl groups is 1. The highest BCUT2D eigenvalue weighted by molar-refractivity contribution is 5.97. The highest BCUT2D eigenvalue weighted by Crippen LogP contribution is 2.36. The molecule has 3 atom stereocenters. The third kappa shape index (κ3) is 2.06. The maximum atomic E-state index is 13.3. The number of hydrogen-bond donors (Lipinski definition) is 2. The lowest BCUT2D eigenvalue weighted by molar-refractivity contribution is 0.0708. The maximum Gasteiger partial charge on any atom is 0.257 e. The summed E-state index contributed by atoms with van der Waals surface area (Å²) < 4.78 is 13.3. The van der Waals surface area contributed by atoms with Crippen molar-refractivity contribution in [1.82, 2.24) is 10.2 Å². The fourth-order valence-corrected chi connectivity index (χ4v) is 3.61. The number of amides is 1. The second-order valence-electron chi connectivity index (χ2n) is 5.68. The minimum Gasteiger partial charge on any atom is -0.507 e. The van der Waals surface area contributed by atoms with Crippen LogP contribution < -0.4 is 5.32 Å². The molecule has 0 aliphatic carbocycles. The van der Waals surface area contributed by atoms with E-state index < -0.39 is 5.82 Å². The average Bonchev–Trinajstić information content (AvgIpc) is 3.00. The number of hydrogen-bond acceptors (Lipinski definition) is 3. The van der Waals surface area contributed by atoms with Gasteiger partial charge in [-0.25, -0.2) is 4.39 Å². The van der Waals surface area contributed by atoms with Gasteiger partial charge in [0.1, 0.15) is 11.6 Å². The molecule has 0 radical (unpaired) electrons. The Kier molecular flexibility index (Phi) is 3.38. The molecule has 20 heavy (non-hydrogen) atoms. The van der Waals surface area contributed by atoms with E-state index in [4.69, 9.17) is 0 Å². The molecule has 2 saturated heterocycles. The van der Waals surface area contributed by atoms with Crippen molar-refractivity contribution >= 4 is 5.91 Å². The number of phenolic OH excluding ortho intramolecular Hbond substituents is 1. The Bertz CT molecular complexity index is 535. The van der Waals surface area contributed by atoms with Gasteiger partial charge < -0.3 is 15.3 Å². The third-order valence-corrected chi connectivity index (χ3v) is 4.59. The predicted molar refractivity (Wildman–Crippen MR) is 73.0 cm³/mol. The van der Waals surface area contributed by atoms with Gasteiger partial charge in [0.15, 0.2) is 0 Å².